The Balaban J connectivity index is 1.21. The van der Waals surface area contributed by atoms with Crippen molar-refractivity contribution >= 4 is 43.6 Å². The number of aromatic nitrogens is 5. The Labute approximate surface area is 334 Å². The van der Waals surface area contributed by atoms with Crippen LogP contribution in [0.3, 0.4) is 0 Å². The molecule has 6 nitrogen and oxygen atoms in total. The zero-order valence-corrected chi connectivity index (χ0v) is 31.2. The second-order valence-electron chi connectivity index (χ2n) is 14.4. The van der Waals surface area contributed by atoms with Gasteiger partial charge in [-0.05, 0) is 60.7 Å². The molecule has 0 saturated heterocycles. The topological polar surface area (TPSA) is 72.3 Å². The molecule has 8 aromatic carbocycles. The molecule has 11 aromatic rings. The van der Waals surface area contributed by atoms with Gasteiger partial charge in [0.2, 0.25) is 0 Å². The molecule has 0 saturated carbocycles. The number of rotatable bonds is 6. The summed E-state index contributed by atoms with van der Waals surface area (Å²) in [5.74, 6) is 1.73. The Morgan fingerprint density at radius 1 is 0.362 bits per heavy atom. The van der Waals surface area contributed by atoms with Crippen LogP contribution in [0.2, 0.25) is 0 Å². The monoisotopic (exact) mass is 740 g/mol. The minimum atomic E-state index is 0.547. The number of benzene rings is 8. The van der Waals surface area contributed by atoms with Gasteiger partial charge in [0.05, 0.1) is 39.4 Å². The normalized spacial score (nSPS) is 11.4. The molecule has 0 amide bonds. The van der Waals surface area contributed by atoms with E-state index in [1.165, 1.54) is 10.8 Å². The highest BCUT2D eigenvalue weighted by Gasteiger charge is 2.22. The van der Waals surface area contributed by atoms with Gasteiger partial charge in [-0.3, -0.25) is 0 Å². The average Bonchev–Trinajstić information content (AvgIpc) is 3.80. The lowest BCUT2D eigenvalue weighted by molar-refractivity contribution is 1.07. The summed E-state index contributed by atoms with van der Waals surface area (Å²) in [6.45, 7) is 0. The van der Waals surface area contributed by atoms with Crippen LogP contribution in [0, 0.1) is 11.3 Å². The standard InChI is InChI=1S/C52H32N6/c53-33-37-20-10-11-23-39(37)42-30-36(52-55-50(34-16-4-1-5-17-34)54-51(56-52)35-18-6-2-7-19-35)28-29-47(42)58-46-27-15-13-25-41(46)44-31-43-40-24-12-14-26-45(40)57(48(43)32-49(44)58)38-21-8-3-9-22-38/h1-32H. The zero-order valence-electron chi connectivity index (χ0n) is 31.2. The fourth-order valence-electron chi connectivity index (χ4n) is 8.38. The van der Waals surface area contributed by atoms with Gasteiger partial charge in [-0.1, -0.05) is 133 Å². The van der Waals surface area contributed by atoms with E-state index in [2.05, 4.69) is 124 Å². The number of nitriles is 1. The highest BCUT2D eigenvalue weighted by molar-refractivity contribution is 6.19. The first kappa shape index (κ1) is 33.2. The van der Waals surface area contributed by atoms with Gasteiger partial charge < -0.3 is 9.13 Å². The molecule has 0 radical (unpaired) electrons. The molecule has 0 spiro atoms. The molecule has 0 aliphatic carbocycles. The molecule has 0 bridgehead atoms. The smallest absolute Gasteiger partial charge is 0.164 e. The molecule has 3 heterocycles. The maximum Gasteiger partial charge on any atom is 0.164 e. The summed E-state index contributed by atoms with van der Waals surface area (Å²) in [6, 6.07) is 69.1. The number of fused-ring (bicyclic) bond motifs is 6. The molecule has 6 heteroatoms. The summed E-state index contributed by atoms with van der Waals surface area (Å²) in [5.41, 5.74) is 11.4. The van der Waals surface area contributed by atoms with Crippen LogP contribution in [0.1, 0.15) is 5.56 Å². The van der Waals surface area contributed by atoms with Gasteiger partial charge in [-0.15, -0.1) is 0 Å². The molecule has 0 atom stereocenters. The van der Waals surface area contributed by atoms with E-state index >= 15 is 0 Å². The third-order valence-electron chi connectivity index (χ3n) is 11.0. The predicted molar refractivity (Wildman–Crippen MR) is 235 cm³/mol. The molecule has 0 fully saturated rings. The summed E-state index contributed by atoms with van der Waals surface area (Å²) in [5, 5.41) is 15.2. The van der Waals surface area contributed by atoms with E-state index in [0.717, 1.165) is 72.0 Å². The third kappa shape index (κ3) is 5.37. The quantitative estimate of drug-likeness (QED) is 0.170. The van der Waals surface area contributed by atoms with E-state index < -0.39 is 0 Å². The zero-order chi connectivity index (χ0) is 38.6. The van der Waals surface area contributed by atoms with Gasteiger partial charge in [0.15, 0.2) is 17.5 Å². The van der Waals surface area contributed by atoms with Crippen LogP contribution in [0.4, 0.5) is 0 Å². The summed E-state index contributed by atoms with van der Waals surface area (Å²) in [6.07, 6.45) is 0. The van der Waals surface area contributed by atoms with Crippen molar-refractivity contribution < 1.29 is 0 Å². The van der Waals surface area contributed by atoms with Crippen LogP contribution in [-0.4, -0.2) is 24.1 Å². The minimum Gasteiger partial charge on any atom is -0.309 e. The van der Waals surface area contributed by atoms with E-state index in [9.17, 15) is 5.26 Å². The second-order valence-corrected chi connectivity index (χ2v) is 14.4. The van der Waals surface area contributed by atoms with Crippen LogP contribution in [0.15, 0.2) is 194 Å². The number of hydrogen-bond acceptors (Lipinski definition) is 4. The second kappa shape index (κ2) is 13.6. The molecule has 0 aliphatic heterocycles. The highest BCUT2D eigenvalue weighted by atomic mass is 15.0. The van der Waals surface area contributed by atoms with Gasteiger partial charge in [0, 0.05) is 55.0 Å². The van der Waals surface area contributed by atoms with E-state index in [1.807, 2.05) is 84.9 Å². The molecular formula is C52H32N6. The molecule has 0 unspecified atom stereocenters. The third-order valence-corrected chi connectivity index (χ3v) is 11.0. The molecule has 58 heavy (non-hydrogen) atoms. The van der Waals surface area contributed by atoms with E-state index in [0.29, 0.717) is 23.0 Å². The van der Waals surface area contributed by atoms with E-state index in [4.69, 9.17) is 15.0 Å². The maximum absolute atomic E-state index is 10.5. The number of hydrogen-bond donors (Lipinski definition) is 0. The van der Waals surface area contributed by atoms with Crippen molar-refractivity contribution in [1.29, 1.82) is 5.26 Å². The SMILES string of the molecule is N#Cc1ccccc1-c1cc(-c2nc(-c3ccccc3)nc(-c3ccccc3)n2)ccc1-n1c2ccccc2c2cc3c4ccccc4n(-c4ccccc4)c3cc21. The van der Waals surface area contributed by atoms with Gasteiger partial charge in [0.1, 0.15) is 0 Å². The Bertz CT molecular complexity index is 3340. The van der Waals surface area contributed by atoms with Crippen LogP contribution in [0.25, 0.3) is 100 Å². The van der Waals surface area contributed by atoms with Crippen molar-refractivity contribution in [3.8, 4) is 62.7 Å². The van der Waals surface area contributed by atoms with Gasteiger partial charge in [-0.25, -0.2) is 15.0 Å². The Hall–Kier alpha value is -8.14. The molecule has 270 valence electrons. The molecule has 11 rings (SSSR count). The fraction of sp³-hybridized carbons (Fsp3) is 0. The Kier molecular flexibility index (Phi) is 7.76. The van der Waals surface area contributed by atoms with Gasteiger partial charge in [-0.2, -0.15) is 5.26 Å². The lowest BCUT2D eigenvalue weighted by Crippen LogP contribution is -2.02. The lowest BCUT2D eigenvalue weighted by Gasteiger charge is -2.17. The summed E-state index contributed by atoms with van der Waals surface area (Å²) < 4.78 is 4.71. The van der Waals surface area contributed by atoms with Crippen molar-refractivity contribution in [3.05, 3.63) is 200 Å². The number of nitrogens with zero attached hydrogens (tertiary/aromatic N) is 6. The van der Waals surface area contributed by atoms with Gasteiger partial charge >= 0.3 is 0 Å². The first-order chi connectivity index (χ1) is 28.7. The van der Waals surface area contributed by atoms with Crippen LogP contribution in [0.5, 0.6) is 0 Å². The molecular weight excluding hydrogens is 709 g/mol. The predicted octanol–water partition coefficient (Wildman–Crippen LogP) is 12.6. The first-order valence-electron chi connectivity index (χ1n) is 19.3. The lowest BCUT2D eigenvalue weighted by atomic mass is 9.96. The first-order valence-corrected chi connectivity index (χ1v) is 19.3. The molecule has 0 aliphatic rings. The fourth-order valence-corrected chi connectivity index (χ4v) is 8.38. The van der Waals surface area contributed by atoms with E-state index in [1.54, 1.807) is 0 Å². The summed E-state index contributed by atoms with van der Waals surface area (Å²) in [7, 11) is 0. The van der Waals surface area contributed by atoms with Crippen molar-refractivity contribution in [2.45, 2.75) is 0 Å². The largest absolute Gasteiger partial charge is 0.309 e. The van der Waals surface area contributed by atoms with Crippen molar-refractivity contribution in [1.82, 2.24) is 24.1 Å². The maximum atomic E-state index is 10.5. The van der Waals surface area contributed by atoms with Crippen LogP contribution in [-0.2, 0) is 0 Å². The molecule has 0 N–H and O–H groups in total. The Morgan fingerprint density at radius 2 is 0.862 bits per heavy atom. The minimum absolute atomic E-state index is 0.547. The van der Waals surface area contributed by atoms with Gasteiger partial charge in [0.25, 0.3) is 0 Å². The molecule has 3 aromatic heterocycles. The summed E-state index contributed by atoms with van der Waals surface area (Å²) in [4.78, 5) is 15.1. The average molecular weight is 741 g/mol. The number of para-hydroxylation sites is 3. The highest BCUT2D eigenvalue weighted by Crippen LogP contribution is 2.42. The van der Waals surface area contributed by atoms with Crippen LogP contribution >= 0.6 is 0 Å². The summed E-state index contributed by atoms with van der Waals surface area (Å²) >= 11 is 0. The van der Waals surface area contributed by atoms with Crippen LogP contribution < -0.4 is 0 Å². The van der Waals surface area contributed by atoms with E-state index in [-0.39, 0.29) is 0 Å². The van der Waals surface area contributed by atoms with Crippen molar-refractivity contribution in [2.24, 2.45) is 0 Å². The van der Waals surface area contributed by atoms with Crippen molar-refractivity contribution in [2.75, 3.05) is 0 Å². The Morgan fingerprint density at radius 3 is 1.48 bits per heavy atom. The van der Waals surface area contributed by atoms with Crippen molar-refractivity contribution in [3.63, 3.8) is 0 Å².